The predicted molar refractivity (Wildman–Crippen MR) is 96.1 cm³/mol. The van der Waals surface area contributed by atoms with Crippen molar-refractivity contribution in [1.82, 2.24) is 14.9 Å². The molecule has 3 rings (SSSR count). The van der Waals surface area contributed by atoms with Gasteiger partial charge < -0.3 is 21.3 Å². The van der Waals surface area contributed by atoms with Crippen molar-refractivity contribution in [2.45, 2.75) is 6.54 Å². The van der Waals surface area contributed by atoms with Crippen molar-refractivity contribution in [1.29, 1.82) is 0 Å². The molecule has 1 fully saturated rings. The number of hydrogen-bond acceptors (Lipinski definition) is 5. The lowest BCUT2D eigenvalue weighted by Gasteiger charge is -2.35. The largest absolute Gasteiger partial charge is 0.370 e. The van der Waals surface area contributed by atoms with Gasteiger partial charge in [-0.15, -0.1) is 0 Å². The molecule has 8 heteroatoms. The molecule has 0 spiro atoms. The summed E-state index contributed by atoms with van der Waals surface area (Å²) in [5, 5.41) is 0. The second kappa shape index (κ2) is 7.61. The van der Waals surface area contributed by atoms with E-state index in [1.807, 2.05) is 12.1 Å². The van der Waals surface area contributed by atoms with Crippen LogP contribution in [0, 0.1) is 0 Å². The van der Waals surface area contributed by atoms with Gasteiger partial charge in [0.15, 0.2) is 5.96 Å². The first kappa shape index (κ1) is 16.7. The average molecular weight is 339 g/mol. The maximum absolute atomic E-state index is 11.1. The third-order valence-electron chi connectivity index (χ3n) is 4.10. The number of anilines is 1. The zero-order valence-corrected chi connectivity index (χ0v) is 13.9. The molecule has 1 aliphatic heterocycles. The summed E-state index contributed by atoms with van der Waals surface area (Å²) in [5.41, 5.74) is 12.8. The Morgan fingerprint density at radius 3 is 2.28 bits per heavy atom. The SMILES string of the molecule is NC(=O)c1ccc(CN=C(N)N2CCN(c3ncccn3)CC2)cc1. The molecule has 1 aromatic heterocycles. The van der Waals surface area contributed by atoms with Crippen molar-refractivity contribution in [3.8, 4) is 0 Å². The molecule has 0 saturated carbocycles. The Bertz CT molecular complexity index is 737. The van der Waals surface area contributed by atoms with Crippen LogP contribution >= 0.6 is 0 Å². The summed E-state index contributed by atoms with van der Waals surface area (Å²) in [5.74, 6) is 0.828. The van der Waals surface area contributed by atoms with Gasteiger partial charge >= 0.3 is 0 Å². The lowest BCUT2D eigenvalue weighted by atomic mass is 10.1. The highest BCUT2D eigenvalue weighted by molar-refractivity contribution is 5.92. The van der Waals surface area contributed by atoms with E-state index in [2.05, 4.69) is 24.8 Å². The summed E-state index contributed by atoms with van der Waals surface area (Å²) in [6, 6.07) is 8.87. The van der Waals surface area contributed by atoms with E-state index in [-0.39, 0.29) is 0 Å². The number of hydrogen-bond donors (Lipinski definition) is 2. The number of aliphatic imine (C=N–C) groups is 1. The number of nitrogens with two attached hydrogens (primary N) is 2. The van der Waals surface area contributed by atoms with Gasteiger partial charge in [-0.2, -0.15) is 0 Å². The summed E-state index contributed by atoms with van der Waals surface area (Å²) in [6.07, 6.45) is 3.49. The second-order valence-corrected chi connectivity index (χ2v) is 5.76. The summed E-state index contributed by atoms with van der Waals surface area (Å²) in [6.45, 7) is 3.61. The smallest absolute Gasteiger partial charge is 0.248 e. The van der Waals surface area contributed by atoms with Crippen LogP contribution in [0.25, 0.3) is 0 Å². The Kier molecular flexibility index (Phi) is 5.08. The molecule has 0 atom stereocenters. The third-order valence-corrected chi connectivity index (χ3v) is 4.10. The van der Waals surface area contributed by atoms with Crippen LogP contribution in [0.5, 0.6) is 0 Å². The Morgan fingerprint density at radius 2 is 1.68 bits per heavy atom. The minimum Gasteiger partial charge on any atom is -0.370 e. The molecule has 1 aliphatic rings. The molecule has 1 aromatic carbocycles. The molecule has 2 heterocycles. The van der Waals surface area contributed by atoms with Crippen LogP contribution in [0.2, 0.25) is 0 Å². The number of guanidine groups is 1. The van der Waals surface area contributed by atoms with E-state index in [0.29, 0.717) is 18.1 Å². The number of aromatic nitrogens is 2. The van der Waals surface area contributed by atoms with Crippen LogP contribution in [0.1, 0.15) is 15.9 Å². The zero-order chi connectivity index (χ0) is 17.6. The monoisotopic (exact) mass is 339 g/mol. The lowest BCUT2D eigenvalue weighted by molar-refractivity contribution is 0.100. The van der Waals surface area contributed by atoms with E-state index >= 15 is 0 Å². The summed E-state index contributed by atoms with van der Waals surface area (Å²) < 4.78 is 0. The van der Waals surface area contributed by atoms with Gasteiger partial charge in [-0.1, -0.05) is 12.1 Å². The van der Waals surface area contributed by atoms with Crippen LogP contribution in [-0.2, 0) is 6.54 Å². The van der Waals surface area contributed by atoms with Gasteiger partial charge in [0.05, 0.1) is 6.54 Å². The highest BCUT2D eigenvalue weighted by Crippen LogP contribution is 2.10. The van der Waals surface area contributed by atoms with Gasteiger partial charge in [0.1, 0.15) is 0 Å². The van der Waals surface area contributed by atoms with Crippen molar-refractivity contribution in [3.05, 3.63) is 53.9 Å². The number of nitrogens with zero attached hydrogens (tertiary/aromatic N) is 5. The summed E-state index contributed by atoms with van der Waals surface area (Å²) in [4.78, 5) is 28.2. The average Bonchev–Trinajstić information content (AvgIpc) is 2.67. The van der Waals surface area contributed by atoms with Crippen molar-refractivity contribution in [2.75, 3.05) is 31.1 Å². The van der Waals surface area contributed by atoms with Crippen molar-refractivity contribution >= 4 is 17.8 Å². The van der Waals surface area contributed by atoms with Gasteiger partial charge in [0.2, 0.25) is 11.9 Å². The number of benzene rings is 1. The highest BCUT2D eigenvalue weighted by Gasteiger charge is 2.19. The number of rotatable bonds is 4. The molecule has 0 bridgehead atoms. The maximum atomic E-state index is 11.1. The molecule has 25 heavy (non-hydrogen) atoms. The summed E-state index contributed by atoms with van der Waals surface area (Å²) >= 11 is 0. The molecule has 1 saturated heterocycles. The minimum absolute atomic E-state index is 0.435. The molecule has 0 radical (unpaired) electrons. The standard InChI is InChI=1S/C17H21N7O/c18-15(25)14-4-2-13(3-5-14)12-22-16(19)23-8-10-24(11-9-23)17-20-6-1-7-21-17/h1-7H,8-12H2,(H2,18,25)(H2,19,22). The number of amides is 1. The Balaban J connectivity index is 1.54. The van der Waals surface area contributed by atoms with E-state index in [0.717, 1.165) is 37.7 Å². The molecular formula is C17H21N7O. The first-order chi connectivity index (χ1) is 12.1. The van der Waals surface area contributed by atoms with E-state index in [1.165, 1.54) is 0 Å². The van der Waals surface area contributed by atoms with Gasteiger partial charge in [-0.25, -0.2) is 15.0 Å². The zero-order valence-electron chi connectivity index (χ0n) is 13.9. The third kappa shape index (κ3) is 4.23. The predicted octanol–water partition coefficient (Wildman–Crippen LogP) is 0.212. The van der Waals surface area contributed by atoms with E-state index in [4.69, 9.17) is 11.5 Å². The van der Waals surface area contributed by atoms with Crippen molar-refractivity contribution < 1.29 is 4.79 Å². The van der Waals surface area contributed by atoms with Crippen LogP contribution in [-0.4, -0.2) is 52.9 Å². The summed E-state index contributed by atoms with van der Waals surface area (Å²) in [7, 11) is 0. The van der Waals surface area contributed by atoms with Crippen molar-refractivity contribution in [3.63, 3.8) is 0 Å². The van der Waals surface area contributed by atoms with Crippen LogP contribution in [0.4, 0.5) is 5.95 Å². The van der Waals surface area contributed by atoms with E-state index in [9.17, 15) is 4.79 Å². The first-order valence-corrected chi connectivity index (χ1v) is 8.09. The molecule has 0 aliphatic carbocycles. The first-order valence-electron chi connectivity index (χ1n) is 8.09. The fourth-order valence-corrected chi connectivity index (χ4v) is 2.64. The minimum atomic E-state index is -0.435. The normalized spacial score (nSPS) is 15.3. The number of carbonyl (C=O) groups excluding carboxylic acids is 1. The number of primary amides is 1. The molecule has 1 amide bonds. The van der Waals surface area contributed by atoms with E-state index in [1.54, 1.807) is 30.6 Å². The van der Waals surface area contributed by atoms with Crippen LogP contribution in [0.3, 0.4) is 0 Å². The molecule has 130 valence electrons. The fraction of sp³-hybridized carbons (Fsp3) is 0.294. The molecule has 8 nitrogen and oxygen atoms in total. The van der Waals surface area contributed by atoms with Gasteiger partial charge in [-0.05, 0) is 23.8 Å². The highest BCUT2D eigenvalue weighted by atomic mass is 16.1. The molecule has 0 unspecified atom stereocenters. The molecule has 4 N–H and O–H groups in total. The number of carbonyl (C=O) groups is 1. The number of piperazine rings is 1. The lowest BCUT2D eigenvalue weighted by Crippen LogP contribution is -2.51. The fourth-order valence-electron chi connectivity index (χ4n) is 2.64. The second-order valence-electron chi connectivity index (χ2n) is 5.76. The van der Waals surface area contributed by atoms with Gasteiger partial charge in [0.25, 0.3) is 0 Å². The Hall–Kier alpha value is -3.16. The molecule has 2 aromatic rings. The van der Waals surface area contributed by atoms with Crippen LogP contribution < -0.4 is 16.4 Å². The van der Waals surface area contributed by atoms with Crippen LogP contribution in [0.15, 0.2) is 47.7 Å². The topological polar surface area (TPSA) is 114 Å². The quantitative estimate of drug-likeness (QED) is 0.608. The Labute approximate surface area is 146 Å². The van der Waals surface area contributed by atoms with Gasteiger partial charge in [-0.3, -0.25) is 4.79 Å². The van der Waals surface area contributed by atoms with Crippen molar-refractivity contribution in [2.24, 2.45) is 16.5 Å². The van der Waals surface area contributed by atoms with E-state index < -0.39 is 5.91 Å². The Morgan fingerprint density at radius 1 is 1.04 bits per heavy atom. The molecular weight excluding hydrogens is 318 g/mol. The van der Waals surface area contributed by atoms with Gasteiger partial charge in [0, 0.05) is 44.1 Å². The maximum Gasteiger partial charge on any atom is 0.248 e.